The first-order chi connectivity index (χ1) is 9.30. The normalized spacial score (nSPS) is 16.8. The smallest absolute Gasteiger partial charge is 0.0470 e. The summed E-state index contributed by atoms with van der Waals surface area (Å²) in [6.45, 7) is 7.49. The number of hydrogen-bond donors (Lipinski definition) is 1. The van der Waals surface area contributed by atoms with Gasteiger partial charge in [-0.25, -0.2) is 0 Å². The first-order valence-corrected chi connectivity index (χ1v) is 7.84. The fourth-order valence-electron chi connectivity index (χ4n) is 2.93. The number of nitrogens with two attached hydrogens (primary N) is 1. The molecular weight excluding hydrogens is 232 g/mol. The Hall–Kier alpha value is -0.860. The van der Waals surface area contributed by atoms with Crippen LogP contribution in [0.5, 0.6) is 0 Å². The number of benzene rings is 1. The topological polar surface area (TPSA) is 29.3 Å². The number of rotatable bonds is 8. The van der Waals surface area contributed by atoms with Crippen LogP contribution in [-0.2, 0) is 0 Å². The van der Waals surface area contributed by atoms with E-state index < -0.39 is 0 Å². The summed E-state index contributed by atoms with van der Waals surface area (Å²) in [7, 11) is 0. The van der Waals surface area contributed by atoms with Crippen molar-refractivity contribution in [1.29, 1.82) is 0 Å². The summed E-state index contributed by atoms with van der Waals surface area (Å²) in [6, 6.07) is 9.52. The molecule has 0 amide bonds. The molecule has 2 heteroatoms. The molecule has 2 N–H and O–H groups in total. The fraction of sp³-hybridized carbons (Fsp3) is 0.647. The van der Waals surface area contributed by atoms with E-state index in [1.54, 1.807) is 0 Å². The third kappa shape index (κ3) is 3.80. The van der Waals surface area contributed by atoms with Gasteiger partial charge in [0.25, 0.3) is 0 Å². The van der Waals surface area contributed by atoms with Gasteiger partial charge in [-0.2, -0.15) is 0 Å². The Morgan fingerprint density at radius 3 is 2.42 bits per heavy atom. The Morgan fingerprint density at radius 2 is 1.89 bits per heavy atom. The molecule has 1 aromatic carbocycles. The van der Waals surface area contributed by atoms with E-state index in [9.17, 15) is 0 Å². The zero-order valence-electron chi connectivity index (χ0n) is 12.4. The van der Waals surface area contributed by atoms with Crippen molar-refractivity contribution in [2.24, 2.45) is 5.73 Å². The van der Waals surface area contributed by atoms with Crippen LogP contribution in [0.1, 0.15) is 62.6 Å². The van der Waals surface area contributed by atoms with Crippen molar-refractivity contribution in [2.75, 3.05) is 19.6 Å². The quantitative estimate of drug-likeness (QED) is 0.772. The Labute approximate surface area is 118 Å². The van der Waals surface area contributed by atoms with E-state index in [4.69, 9.17) is 5.73 Å². The van der Waals surface area contributed by atoms with Crippen molar-refractivity contribution >= 4 is 0 Å². The lowest BCUT2D eigenvalue weighted by Crippen LogP contribution is -2.35. The summed E-state index contributed by atoms with van der Waals surface area (Å²) in [6.07, 6.45) is 5.12. The summed E-state index contributed by atoms with van der Waals surface area (Å²) in [5.41, 5.74) is 8.99. The van der Waals surface area contributed by atoms with E-state index in [0.29, 0.717) is 12.6 Å². The van der Waals surface area contributed by atoms with Crippen molar-refractivity contribution in [3.05, 3.63) is 35.4 Å². The van der Waals surface area contributed by atoms with Crippen LogP contribution >= 0.6 is 0 Å². The molecule has 1 fully saturated rings. The van der Waals surface area contributed by atoms with Gasteiger partial charge in [-0.05, 0) is 55.8 Å². The van der Waals surface area contributed by atoms with E-state index in [2.05, 4.69) is 43.0 Å². The Kier molecular flexibility index (Phi) is 5.41. The molecule has 1 aliphatic rings. The van der Waals surface area contributed by atoms with Gasteiger partial charge in [0.15, 0.2) is 0 Å². The number of nitrogens with zero attached hydrogens (tertiary/aromatic N) is 1. The highest BCUT2D eigenvalue weighted by atomic mass is 15.2. The van der Waals surface area contributed by atoms with E-state index in [1.165, 1.54) is 36.8 Å². The van der Waals surface area contributed by atoms with Crippen molar-refractivity contribution < 1.29 is 0 Å². The Morgan fingerprint density at radius 1 is 1.21 bits per heavy atom. The maximum absolute atomic E-state index is 6.07. The van der Waals surface area contributed by atoms with E-state index in [0.717, 1.165) is 19.0 Å². The zero-order valence-corrected chi connectivity index (χ0v) is 12.4. The van der Waals surface area contributed by atoms with Crippen LogP contribution in [0.15, 0.2) is 24.3 Å². The Bertz CT molecular complexity index is 379. The minimum atomic E-state index is 0.388. The highest BCUT2D eigenvalue weighted by Crippen LogP contribution is 2.40. The highest BCUT2D eigenvalue weighted by Gasteiger charge is 2.25. The van der Waals surface area contributed by atoms with E-state index in [-0.39, 0.29) is 0 Å². The fourth-order valence-corrected chi connectivity index (χ4v) is 2.93. The highest BCUT2D eigenvalue weighted by molar-refractivity contribution is 5.31. The van der Waals surface area contributed by atoms with Gasteiger partial charge in [-0.1, -0.05) is 38.1 Å². The molecule has 1 aliphatic carbocycles. The second-order valence-corrected chi connectivity index (χ2v) is 5.73. The molecule has 0 heterocycles. The molecule has 0 bridgehead atoms. The molecule has 1 unspecified atom stereocenters. The summed E-state index contributed by atoms with van der Waals surface area (Å²) in [5, 5.41) is 0. The summed E-state index contributed by atoms with van der Waals surface area (Å²) in [5.74, 6) is 0.823. The van der Waals surface area contributed by atoms with Crippen LogP contribution < -0.4 is 5.73 Å². The zero-order chi connectivity index (χ0) is 13.7. The van der Waals surface area contributed by atoms with Crippen LogP contribution in [0.25, 0.3) is 0 Å². The van der Waals surface area contributed by atoms with Crippen LogP contribution in [0.4, 0.5) is 0 Å². The van der Waals surface area contributed by atoms with Gasteiger partial charge in [0.1, 0.15) is 0 Å². The molecule has 2 nitrogen and oxygen atoms in total. The van der Waals surface area contributed by atoms with Gasteiger partial charge < -0.3 is 5.73 Å². The second-order valence-electron chi connectivity index (χ2n) is 5.73. The lowest BCUT2D eigenvalue weighted by atomic mass is 10.00. The largest absolute Gasteiger partial charge is 0.329 e. The minimum absolute atomic E-state index is 0.388. The summed E-state index contributed by atoms with van der Waals surface area (Å²) < 4.78 is 0. The molecule has 1 saturated carbocycles. The molecule has 1 atom stereocenters. The maximum atomic E-state index is 6.07. The first kappa shape index (κ1) is 14.5. The lowest BCUT2D eigenvalue weighted by molar-refractivity contribution is 0.202. The van der Waals surface area contributed by atoms with Crippen LogP contribution in [0.3, 0.4) is 0 Å². The van der Waals surface area contributed by atoms with Crippen molar-refractivity contribution in [1.82, 2.24) is 4.90 Å². The third-order valence-corrected chi connectivity index (χ3v) is 4.03. The van der Waals surface area contributed by atoms with Gasteiger partial charge in [-0.3, -0.25) is 4.90 Å². The van der Waals surface area contributed by atoms with Crippen LogP contribution in [0, 0.1) is 0 Å². The molecule has 2 rings (SSSR count). The molecule has 0 aliphatic heterocycles. The van der Waals surface area contributed by atoms with Crippen molar-refractivity contribution in [3.8, 4) is 0 Å². The molecule has 106 valence electrons. The van der Waals surface area contributed by atoms with Crippen LogP contribution in [-0.4, -0.2) is 24.5 Å². The molecule has 0 saturated heterocycles. The summed E-state index contributed by atoms with van der Waals surface area (Å²) >= 11 is 0. The molecule has 0 spiro atoms. The van der Waals surface area contributed by atoms with Gasteiger partial charge in [0, 0.05) is 12.6 Å². The average molecular weight is 260 g/mol. The summed E-state index contributed by atoms with van der Waals surface area (Å²) in [4.78, 5) is 2.55. The molecule has 19 heavy (non-hydrogen) atoms. The van der Waals surface area contributed by atoms with E-state index >= 15 is 0 Å². The van der Waals surface area contributed by atoms with Crippen molar-refractivity contribution in [2.45, 2.75) is 51.5 Å². The Balaban J connectivity index is 2.16. The predicted octanol–water partition coefficient (Wildman–Crippen LogP) is 3.69. The van der Waals surface area contributed by atoms with Gasteiger partial charge in [0.05, 0.1) is 0 Å². The monoisotopic (exact) mass is 260 g/mol. The minimum Gasteiger partial charge on any atom is -0.329 e. The first-order valence-electron chi connectivity index (χ1n) is 7.84. The van der Waals surface area contributed by atoms with Crippen LogP contribution in [0.2, 0.25) is 0 Å². The van der Waals surface area contributed by atoms with Gasteiger partial charge >= 0.3 is 0 Å². The van der Waals surface area contributed by atoms with Gasteiger partial charge in [0.2, 0.25) is 0 Å². The second kappa shape index (κ2) is 7.06. The lowest BCUT2D eigenvalue weighted by Gasteiger charge is -2.31. The van der Waals surface area contributed by atoms with Crippen molar-refractivity contribution in [3.63, 3.8) is 0 Å². The van der Waals surface area contributed by atoms with E-state index in [1.807, 2.05) is 0 Å². The standard InChI is InChI=1S/C17H28N2/c1-3-10-19(11-4-2)17(13-18)16-7-5-6-15(12-16)14-8-9-14/h5-7,12,14,17H,3-4,8-11,13,18H2,1-2H3. The molecular formula is C17H28N2. The molecule has 0 aromatic heterocycles. The average Bonchev–Trinajstić information content (AvgIpc) is 3.25. The third-order valence-electron chi connectivity index (χ3n) is 4.03. The molecule has 1 aromatic rings. The number of hydrogen-bond acceptors (Lipinski definition) is 2. The molecule has 0 radical (unpaired) electrons. The SMILES string of the molecule is CCCN(CCC)C(CN)c1cccc(C2CC2)c1. The van der Waals surface area contributed by atoms with Gasteiger partial charge in [-0.15, -0.1) is 0 Å². The maximum Gasteiger partial charge on any atom is 0.0470 e. The predicted molar refractivity (Wildman–Crippen MR) is 82.4 cm³/mol.